The summed E-state index contributed by atoms with van der Waals surface area (Å²) >= 11 is 1.06. The van der Waals surface area contributed by atoms with E-state index in [0.29, 0.717) is 15.8 Å². The summed E-state index contributed by atoms with van der Waals surface area (Å²) in [5.41, 5.74) is 1.60. The average molecular weight is 505 g/mol. The number of carbonyl (C=O) groups excluding carboxylic acids is 3. The quantitative estimate of drug-likeness (QED) is 0.201. The van der Waals surface area contributed by atoms with E-state index in [2.05, 4.69) is 15.6 Å². The number of nitro benzene ring substituents is 1. The number of amides is 2. The van der Waals surface area contributed by atoms with Gasteiger partial charge in [-0.05, 0) is 23.8 Å². The Hall–Kier alpha value is -4.64. The topological polar surface area (TPSA) is 141 Å². The lowest BCUT2D eigenvalue weighted by molar-refractivity contribution is -0.384. The van der Waals surface area contributed by atoms with Crippen LogP contribution in [-0.4, -0.2) is 40.3 Å². The van der Waals surface area contributed by atoms with Crippen molar-refractivity contribution in [3.63, 3.8) is 0 Å². The van der Waals surface area contributed by atoms with Gasteiger partial charge in [0.25, 0.3) is 17.5 Å². The van der Waals surface area contributed by atoms with Crippen LogP contribution in [0.2, 0.25) is 0 Å². The van der Waals surface area contributed by atoms with Crippen LogP contribution in [0.4, 0.5) is 10.8 Å². The number of aromatic nitrogens is 1. The predicted octanol–water partition coefficient (Wildman–Crippen LogP) is 3.73. The number of non-ortho nitro benzene ring substituents is 1. The van der Waals surface area contributed by atoms with Gasteiger partial charge in [0.05, 0.1) is 15.1 Å². The number of benzene rings is 3. The standard InChI is InChI=1S/C25H20N4O6S/c30-22(28-25-27-19-12-11-18(29(33)34)14-21(19)36-25)15-35-24(32)20(13-16-7-3-1-4-8-16)26-23(31)17-9-5-2-6-10-17/h1-12,14,20H,13,15H2,(H,26,31)(H,27,28,30)/t20-/m1/s1. The summed E-state index contributed by atoms with van der Waals surface area (Å²) in [5.74, 6) is -1.84. The normalized spacial score (nSPS) is 11.4. The zero-order valence-corrected chi connectivity index (χ0v) is 19.6. The lowest BCUT2D eigenvalue weighted by Crippen LogP contribution is -2.44. The van der Waals surface area contributed by atoms with Gasteiger partial charge >= 0.3 is 5.97 Å². The van der Waals surface area contributed by atoms with E-state index in [1.165, 1.54) is 18.2 Å². The van der Waals surface area contributed by atoms with Crippen LogP contribution >= 0.6 is 11.3 Å². The molecule has 0 aliphatic heterocycles. The number of thiazole rings is 1. The van der Waals surface area contributed by atoms with Gasteiger partial charge in [-0.1, -0.05) is 59.9 Å². The summed E-state index contributed by atoms with van der Waals surface area (Å²) in [6.45, 7) is -0.596. The van der Waals surface area contributed by atoms with Crippen LogP contribution in [0.5, 0.6) is 0 Å². The summed E-state index contributed by atoms with van der Waals surface area (Å²) in [6.07, 6.45) is 0.177. The fraction of sp³-hybridized carbons (Fsp3) is 0.120. The van der Waals surface area contributed by atoms with Crippen LogP contribution in [0.15, 0.2) is 78.9 Å². The molecule has 182 valence electrons. The van der Waals surface area contributed by atoms with E-state index in [4.69, 9.17) is 4.74 Å². The van der Waals surface area contributed by atoms with Crippen LogP contribution < -0.4 is 10.6 Å². The molecule has 0 unspecified atom stereocenters. The SMILES string of the molecule is O=C(COC(=O)[C@@H](Cc1ccccc1)NC(=O)c1ccccc1)Nc1nc2ccc([N+](=O)[O-])cc2s1. The molecule has 10 nitrogen and oxygen atoms in total. The van der Waals surface area contributed by atoms with Crippen molar-refractivity contribution < 1.29 is 24.0 Å². The molecule has 1 heterocycles. The minimum atomic E-state index is -1.02. The van der Waals surface area contributed by atoms with Crippen molar-refractivity contribution in [1.82, 2.24) is 10.3 Å². The Bertz CT molecular complexity index is 1410. The molecule has 0 saturated heterocycles. The maximum absolute atomic E-state index is 12.8. The molecule has 0 aliphatic carbocycles. The highest BCUT2D eigenvalue weighted by molar-refractivity contribution is 7.22. The van der Waals surface area contributed by atoms with Crippen molar-refractivity contribution in [2.45, 2.75) is 12.5 Å². The molecule has 0 bridgehead atoms. The van der Waals surface area contributed by atoms with Crippen molar-refractivity contribution in [2.24, 2.45) is 0 Å². The molecular formula is C25H20N4O6S. The molecule has 3 aromatic carbocycles. The van der Waals surface area contributed by atoms with Crippen LogP contribution in [-0.2, 0) is 20.7 Å². The molecule has 2 N–H and O–H groups in total. The van der Waals surface area contributed by atoms with Gasteiger partial charge < -0.3 is 10.1 Å². The molecule has 0 saturated carbocycles. The van der Waals surface area contributed by atoms with Crippen molar-refractivity contribution >= 4 is 50.2 Å². The number of nitrogens with zero attached hydrogens (tertiary/aromatic N) is 2. The maximum atomic E-state index is 12.8. The molecular weight excluding hydrogens is 484 g/mol. The third kappa shape index (κ3) is 6.27. The number of hydrogen-bond acceptors (Lipinski definition) is 8. The van der Waals surface area contributed by atoms with Gasteiger partial charge in [0.1, 0.15) is 6.04 Å². The highest BCUT2D eigenvalue weighted by Crippen LogP contribution is 2.29. The van der Waals surface area contributed by atoms with Gasteiger partial charge in [0.15, 0.2) is 11.7 Å². The second kappa shape index (κ2) is 11.2. The summed E-state index contributed by atoms with van der Waals surface area (Å²) in [6, 6.07) is 20.7. The summed E-state index contributed by atoms with van der Waals surface area (Å²) in [4.78, 5) is 52.5. The molecule has 0 aliphatic rings. The molecule has 36 heavy (non-hydrogen) atoms. The third-order valence-electron chi connectivity index (χ3n) is 5.08. The van der Waals surface area contributed by atoms with Gasteiger partial charge in [-0.15, -0.1) is 0 Å². The van der Waals surface area contributed by atoms with Gasteiger partial charge in [-0.25, -0.2) is 9.78 Å². The smallest absolute Gasteiger partial charge is 0.329 e. The van der Waals surface area contributed by atoms with Crippen molar-refractivity contribution in [3.05, 3.63) is 100 Å². The largest absolute Gasteiger partial charge is 0.454 e. The van der Waals surface area contributed by atoms with Gasteiger partial charge in [-0.3, -0.25) is 25.0 Å². The van der Waals surface area contributed by atoms with E-state index in [-0.39, 0.29) is 17.2 Å². The fourth-order valence-electron chi connectivity index (χ4n) is 3.35. The van der Waals surface area contributed by atoms with E-state index >= 15 is 0 Å². The van der Waals surface area contributed by atoms with E-state index in [0.717, 1.165) is 16.9 Å². The van der Waals surface area contributed by atoms with E-state index in [1.807, 2.05) is 30.3 Å². The Kier molecular flexibility index (Phi) is 7.61. The lowest BCUT2D eigenvalue weighted by Gasteiger charge is -2.18. The summed E-state index contributed by atoms with van der Waals surface area (Å²) < 4.78 is 5.72. The first-order chi connectivity index (χ1) is 17.4. The number of fused-ring (bicyclic) bond motifs is 1. The second-order valence-corrected chi connectivity index (χ2v) is 8.70. The predicted molar refractivity (Wildman–Crippen MR) is 134 cm³/mol. The van der Waals surface area contributed by atoms with Crippen LogP contribution in [0.25, 0.3) is 10.2 Å². The Labute approximate surface area is 209 Å². The average Bonchev–Trinajstić information content (AvgIpc) is 3.29. The van der Waals surface area contributed by atoms with Gasteiger partial charge in [0, 0.05) is 24.1 Å². The molecule has 0 radical (unpaired) electrons. The van der Waals surface area contributed by atoms with Crippen molar-refractivity contribution in [1.29, 1.82) is 0 Å². The number of esters is 1. The first-order valence-corrected chi connectivity index (χ1v) is 11.6. The maximum Gasteiger partial charge on any atom is 0.329 e. The number of nitro groups is 1. The summed E-state index contributed by atoms with van der Waals surface area (Å²) in [5, 5.41) is 16.4. The van der Waals surface area contributed by atoms with Crippen molar-refractivity contribution in [3.8, 4) is 0 Å². The molecule has 1 atom stereocenters. The first-order valence-electron chi connectivity index (χ1n) is 10.8. The van der Waals surface area contributed by atoms with E-state index < -0.39 is 35.4 Å². The monoisotopic (exact) mass is 504 g/mol. The minimum Gasteiger partial charge on any atom is -0.454 e. The van der Waals surface area contributed by atoms with Crippen molar-refractivity contribution in [2.75, 3.05) is 11.9 Å². The van der Waals surface area contributed by atoms with E-state index in [1.54, 1.807) is 30.3 Å². The van der Waals surface area contributed by atoms with Crippen LogP contribution in [0, 0.1) is 10.1 Å². The van der Waals surface area contributed by atoms with Gasteiger partial charge in [-0.2, -0.15) is 0 Å². The number of carbonyl (C=O) groups is 3. The van der Waals surface area contributed by atoms with Crippen LogP contribution in [0.1, 0.15) is 15.9 Å². The molecule has 0 spiro atoms. The number of rotatable bonds is 9. The third-order valence-corrected chi connectivity index (χ3v) is 6.02. The molecule has 2 amide bonds. The fourth-order valence-corrected chi connectivity index (χ4v) is 4.26. The molecule has 11 heteroatoms. The highest BCUT2D eigenvalue weighted by Gasteiger charge is 2.24. The zero-order chi connectivity index (χ0) is 25.5. The Morgan fingerprint density at radius 1 is 1.00 bits per heavy atom. The summed E-state index contributed by atoms with van der Waals surface area (Å²) in [7, 11) is 0. The second-order valence-electron chi connectivity index (χ2n) is 7.67. The molecule has 4 aromatic rings. The Morgan fingerprint density at radius 3 is 2.39 bits per heavy atom. The molecule has 4 rings (SSSR count). The number of nitrogens with one attached hydrogen (secondary N) is 2. The first kappa shape index (κ1) is 24.5. The van der Waals surface area contributed by atoms with E-state index in [9.17, 15) is 24.5 Å². The van der Waals surface area contributed by atoms with Gasteiger partial charge in [0.2, 0.25) is 0 Å². The number of anilines is 1. The Balaban J connectivity index is 1.39. The minimum absolute atomic E-state index is 0.0834. The Morgan fingerprint density at radius 2 is 1.69 bits per heavy atom. The lowest BCUT2D eigenvalue weighted by atomic mass is 10.1. The highest BCUT2D eigenvalue weighted by atomic mass is 32.1. The van der Waals surface area contributed by atoms with Crippen LogP contribution in [0.3, 0.4) is 0 Å². The number of hydrogen-bond donors (Lipinski definition) is 2. The zero-order valence-electron chi connectivity index (χ0n) is 18.7. The molecule has 1 aromatic heterocycles. The molecule has 0 fully saturated rings. The number of ether oxygens (including phenoxy) is 1.